The van der Waals surface area contributed by atoms with E-state index < -0.39 is 0 Å². The Morgan fingerprint density at radius 2 is 1.89 bits per heavy atom. The Morgan fingerprint density at radius 1 is 1.05 bits per heavy atom. The molecule has 96 valence electrons. The van der Waals surface area contributed by atoms with Gasteiger partial charge in [-0.3, -0.25) is 0 Å². The fraction of sp³-hybridized carbons (Fsp3) is 0.125. The first-order valence-electron chi connectivity index (χ1n) is 6.20. The van der Waals surface area contributed by atoms with Gasteiger partial charge in [0.15, 0.2) is 0 Å². The Balaban J connectivity index is 2.00. The van der Waals surface area contributed by atoms with E-state index in [9.17, 15) is 4.39 Å². The summed E-state index contributed by atoms with van der Waals surface area (Å²) in [6, 6.07) is 14.6. The van der Waals surface area contributed by atoms with Crippen molar-refractivity contribution in [1.82, 2.24) is 4.57 Å². The largest absolute Gasteiger partial charge is 0.392 e. The molecule has 0 saturated heterocycles. The van der Waals surface area contributed by atoms with E-state index in [0.29, 0.717) is 12.1 Å². The molecule has 0 amide bonds. The molecule has 0 fully saturated rings. The van der Waals surface area contributed by atoms with Gasteiger partial charge in [-0.05, 0) is 35.2 Å². The van der Waals surface area contributed by atoms with Crippen LogP contribution >= 0.6 is 0 Å². The summed E-state index contributed by atoms with van der Waals surface area (Å²) in [6.07, 6.45) is 1.94. The second kappa shape index (κ2) is 4.86. The molecule has 0 unspecified atom stereocenters. The molecule has 3 heteroatoms. The quantitative estimate of drug-likeness (QED) is 0.763. The highest BCUT2D eigenvalue weighted by Gasteiger charge is 2.05. The molecule has 1 heterocycles. The molecule has 0 spiro atoms. The van der Waals surface area contributed by atoms with E-state index in [0.717, 1.165) is 16.5 Å². The smallest absolute Gasteiger partial charge is 0.128 e. The topological polar surface area (TPSA) is 25.2 Å². The number of aromatic nitrogens is 1. The van der Waals surface area contributed by atoms with Gasteiger partial charge in [-0.15, -0.1) is 0 Å². The Hall–Kier alpha value is -2.13. The van der Waals surface area contributed by atoms with E-state index in [4.69, 9.17) is 5.11 Å². The predicted octanol–water partition coefficient (Wildman–Crippen LogP) is 3.32. The fourth-order valence-corrected chi connectivity index (χ4v) is 2.30. The molecular formula is C16H14FNO. The lowest BCUT2D eigenvalue weighted by molar-refractivity contribution is 0.282. The summed E-state index contributed by atoms with van der Waals surface area (Å²) in [6.45, 7) is 0.545. The van der Waals surface area contributed by atoms with Crippen molar-refractivity contribution >= 4 is 10.9 Å². The normalized spacial score (nSPS) is 11.1. The molecule has 3 aromatic rings. The van der Waals surface area contributed by atoms with Gasteiger partial charge in [-0.25, -0.2) is 4.39 Å². The standard InChI is InChI=1S/C16H14FNO/c17-15-4-2-1-3-14(15)10-18-8-7-13-9-12(11-19)5-6-16(13)18/h1-9,19H,10-11H2. The number of aliphatic hydroxyl groups is 1. The predicted molar refractivity (Wildman–Crippen MR) is 73.4 cm³/mol. The van der Waals surface area contributed by atoms with Crippen molar-refractivity contribution < 1.29 is 9.50 Å². The van der Waals surface area contributed by atoms with Gasteiger partial charge in [-0.1, -0.05) is 24.3 Å². The van der Waals surface area contributed by atoms with E-state index >= 15 is 0 Å². The Morgan fingerprint density at radius 3 is 2.68 bits per heavy atom. The van der Waals surface area contributed by atoms with Crippen LogP contribution in [-0.4, -0.2) is 9.67 Å². The van der Waals surface area contributed by atoms with E-state index in [1.54, 1.807) is 12.1 Å². The van der Waals surface area contributed by atoms with E-state index in [2.05, 4.69) is 0 Å². The van der Waals surface area contributed by atoms with Gasteiger partial charge >= 0.3 is 0 Å². The molecule has 3 rings (SSSR count). The van der Waals surface area contributed by atoms with Crippen molar-refractivity contribution in [2.45, 2.75) is 13.2 Å². The van der Waals surface area contributed by atoms with Crippen LogP contribution in [0.25, 0.3) is 10.9 Å². The third kappa shape index (κ3) is 2.25. The second-order valence-electron chi connectivity index (χ2n) is 4.59. The van der Waals surface area contributed by atoms with Gasteiger partial charge in [0.25, 0.3) is 0 Å². The number of rotatable bonds is 3. The first kappa shape index (κ1) is 11.9. The maximum Gasteiger partial charge on any atom is 0.128 e. The average molecular weight is 255 g/mol. The summed E-state index contributed by atoms with van der Waals surface area (Å²) in [5.41, 5.74) is 2.60. The molecule has 0 radical (unpaired) electrons. The molecule has 2 nitrogen and oxygen atoms in total. The molecule has 0 atom stereocenters. The van der Waals surface area contributed by atoms with Crippen molar-refractivity contribution in [1.29, 1.82) is 0 Å². The number of nitrogens with zero attached hydrogens (tertiary/aromatic N) is 1. The van der Waals surface area contributed by atoms with Gasteiger partial charge in [0.2, 0.25) is 0 Å². The van der Waals surface area contributed by atoms with Crippen LogP contribution in [0.3, 0.4) is 0 Å². The van der Waals surface area contributed by atoms with Crippen molar-refractivity contribution in [2.75, 3.05) is 0 Å². The summed E-state index contributed by atoms with van der Waals surface area (Å²) in [7, 11) is 0. The molecule has 0 saturated carbocycles. The number of hydrogen-bond donors (Lipinski definition) is 1. The molecule has 0 aliphatic heterocycles. The zero-order valence-electron chi connectivity index (χ0n) is 10.4. The molecule has 0 aliphatic rings. The molecule has 0 bridgehead atoms. The molecule has 1 N–H and O–H groups in total. The summed E-state index contributed by atoms with van der Waals surface area (Å²) < 4.78 is 15.7. The maximum atomic E-state index is 13.7. The van der Waals surface area contributed by atoms with Gasteiger partial charge in [0, 0.05) is 17.3 Å². The van der Waals surface area contributed by atoms with E-state index in [1.165, 1.54) is 6.07 Å². The fourth-order valence-electron chi connectivity index (χ4n) is 2.30. The number of halogens is 1. The van der Waals surface area contributed by atoms with Crippen molar-refractivity contribution in [2.24, 2.45) is 0 Å². The zero-order valence-corrected chi connectivity index (χ0v) is 10.4. The van der Waals surface area contributed by atoms with Gasteiger partial charge in [-0.2, -0.15) is 0 Å². The number of fused-ring (bicyclic) bond motifs is 1. The minimum atomic E-state index is -0.184. The lowest BCUT2D eigenvalue weighted by Crippen LogP contribution is -2.00. The highest BCUT2D eigenvalue weighted by molar-refractivity contribution is 5.81. The van der Waals surface area contributed by atoms with Crippen LogP contribution in [0.15, 0.2) is 54.7 Å². The average Bonchev–Trinajstić information content (AvgIpc) is 2.83. The lowest BCUT2D eigenvalue weighted by atomic mass is 10.1. The highest BCUT2D eigenvalue weighted by Crippen LogP contribution is 2.20. The zero-order chi connectivity index (χ0) is 13.2. The summed E-state index contributed by atoms with van der Waals surface area (Å²) in [5, 5.41) is 10.2. The SMILES string of the molecule is OCc1ccc2c(ccn2Cc2ccccc2F)c1. The number of benzene rings is 2. The monoisotopic (exact) mass is 255 g/mol. The van der Waals surface area contributed by atoms with Crippen molar-refractivity contribution in [3.63, 3.8) is 0 Å². The molecule has 1 aromatic heterocycles. The van der Waals surface area contributed by atoms with Crippen LogP contribution in [0.4, 0.5) is 4.39 Å². The van der Waals surface area contributed by atoms with Gasteiger partial charge in [0.1, 0.15) is 5.82 Å². The summed E-state index contributed by atoms with van der Waals surface area (Å²) in [5.74, 6) is -0.184. The molecule has 19 heavy (non-hydrogen) atoms. The van der Waals surface area contributed by atoms with E-state index in [1.807, 2.05) is 41.1 Å². The second-order valence-corrected chi connectivity index (χ2v) is 4.59. The molecule has 0 aliphatic carbocycles. The number of aliphatic hydroxyl groups excluding tert-OH is 1. The minimum Gasteiger partial charge on any atom is -0.392 e. The van der Waals surface area contributed by atoms with Crippen LogP contribution < -0.4 is 0 Å². The summed E-state index contributed by atoms with van der Waals surface area (Å²) >= 11 is 0. The Bertz CT molecular complexity index is 718. The first-order valence-corrected chi connectivity index (χ1v) is 6.20. The third-order valence-electron chi connectivity index (χ3n) is 3.32. The van der Waals surface area contributed by atoms with Crippen LogP contribution in [0, 0.1) is 5.82 Å². The van der Waals surface area contributed by atoms with Gasteiger partial charge < -0.3 is 9.67 Å². The van der Waals surface area contributed by atoms with Crippen LogP contribution in [0.5, 0.6) is 0 Å². The maximum absolute atomic E-state index is 13.7. The number of hydrogen-bond acceptors (Lipinski definition) is 1. The highest BCUT2D eigenvalue weighted by atomic mass is 19.1. The summed E-state index contributed by atoms with van der Waals surface area (Å²) in [4.78, 5) is 0. The van der Waals surface area contributed by atoms with Crippen molar-refractivity contribution in [3.8, 4) is 0 Å². The van der Waals surface area contributed by atoms with Crippen LogP contribution in [0.1, 0.15) is 11.1 Å². The Kier molecular flexibility index (Phi) is 3.05. The van der Waals surface area contributed by atoms with Crippen LogP contribution in [-0.2, 0) is 13.2 Å². The van der Waals surface area contributed by atoms with Crippen molar-refractivity contribution in [3.05, 3.63) is 71.7 Å². The Labute approximate surface area is 110 Å². The molecular weight excluding hydrogens is 241 g/mol. The minimum absolute atomic E-state index is 0.0361. The van der Waals surface area contributed by atoms with Crippen LogP contribution in [0.2, 0.25) is 0 Å². The lowest BCUT2D eigenvalue weighted by Gasteiger charge is -2.07. The third-order valence-corrected chi connectivity index (χ3v) is 3.32. The molecule has 2 aromatic carbocycles. The van der Waals surface area contributed by atoms with E-state index in [-0.39, 0.29) is 12.4 Å². The first-order chi connectivity index (χ1) is 9.28. The van der Waals surface area contributed by atoms with Gasteiger partial charge in [0.05, 0.1) is 13.2 Å².